The predicted molar refractivity (Wildman–Crippen MR) is 63.9 cm³/mol. The molecule has 0 saturated carbocycles. The second-order valence-electron chi connectivity index (χ2n) is 3.49. The third kappa shape index (κ3) is 2.90. The molecule has 1 N–H and O–H groups in total. The van der Waals surface area contributed by atoms with Gasteiger partial charge in [-0.15, -0.1) is 6.58 Å². The van der Waals surface area contributed by atoms with Crippen LogP contribution in [-0.4, -0.2) is 36.1 Å². The number of rotatable bonds is 6. The Kier molecular flexibility index (Phi) is 4.66. The predicted octanol–water partition coefficient (Wildman–Crippen LogP) is 1.19. The van der Waals surface area contributed by atoms with Crippen LogP contribution in [-0.2, 0) is 0 Å². The van der Waals surface area contributed by atoms with Crippen LogP contribution >= 0.6 is 0 Å². The van der Waals surface area contributed by atoms with E-state index >= 15 is 0 Å². The number of carbonyl (C=O) groups is 1. The molecule has 0 aliphatic rings. The van der Waals surface area contributed by atoms with E-state index in [0.29, 0.717) is 18.7 Å². The third-order valence-corrected chi connectivity index (χ3v) is 2.23. The number of nitrogens with zero attached hydrogens (tertiary/aromatic N) is 2. The molecule has 0 atom stereocenters. The van der Waals surface area contributed by atoms with Gasteiger partial charge in [0.15, 0.2) is 6.29 Å². The van der Waals surface area contributed by atoms with Crippen LogP contribution in [0.15, 0.2) is 24.9 Å². The number of pyridine rings is 1. The minimum absolute atomic E-state index is 0.0599. The molecule has 0 aliphatic heterocycles. The lowest BCUT2D eigenvalue weighted by Crippen LogP contribution is -2.28. The Morgan fingerprint density at radius 3 is 2.88 bits per heavy atom. The van der Waals surface area contributed by atoms with Crippen molar-refractivity contribution in [3.05, 3.63) is 36.0 Å². The van der Waals surface area contributed by atoms with E-state index in [9.17, 15) is 4.79 Å². The minimum Gasteiger partial charge on any atom is -0.395 e. The summed E-state index contributed by atoms with van der Waals surface area (Å²) >= 11 is 0. The first-order valence-corrected chi connectivity index (χ1v) is 5.11. The summed E-state index contributed by atoms with van der Waals surface area (Å²) in [5, 5.41) is 8.96. The standard InChI is InChI=1S/C12H16N2O2/c1-3-4-14(5-6-15)12-10(2)7-11(9-16)8-13-12/h3,7-9,15H,1,4-6H2,2H3. The van der Waals surface area contributed by atoms with Gasteiger partial charge >= 0.3 is 0 Å². The number of hydrogen-bond acceptors (Lipinski definition) is 4. The number of aldehydes is 1. The monoisotopic (exact) mass is 220 g/mol. The van der Waals surface area contributed by atoms with Gasteiger partial charge in [0.1, 0.15) is 5.82 Å². The number of aromatic nitrogens is 1. The van der Waals surface area contributed by atoms with Crippen LogP contribution < -0.4 is 4.90 Å². The van der Waals surface area contributed by atoms with Gasteiger partial charge in [-0.1, -0.05) is 6.08 Å². The van der Waals surface area contributed by atoms with E-state index in [1.807, 2.05) is 11.8 Å². The van der Waals surface area contributed by atoms with Gasteiger partial charge in [0.2, 0.25) is 0 Å². The van der Waals surface area contributed by atoms with Gasteiger partial charge < -0.3 is 10.0 Å². The first-order chi connectivity index (χ1) is 7.72. The summed E-state index contributed by atoms with van der Waals surface area (Å²) in [4.78, 5) is 16.7. The van der Waals surface area contributed by atoms with Crippen molar-refractivity contribution >= 4 is 12.1 Å². The number of aliphatic hydroxyl groups excluding tert-OH is 1. The summed E-state index contributed by atoms with van der Waals surface area (Å²) in [7, 11) is 0. The average molecular weight is 220 g/mol. The molecule has 1 aromatic heterocycles. The molecular formula is C12H16N2O2. The molecular weight excluding hydrogens is 204 g/mol. The maximum Gasteiger partial charge on any atom is 0.151 e. The largest absolute Gasteiger partial charge is 0.395 e. The van der Waals surface area contributed by atoms with Crippen molar-refractivity contribution in [3.63, 3.8) is 0 Å². The summed E-state index contributed by atoms with van der Waals surface area (Å²) in [5.74, 6) is 0.777. The molecule has 0 radical (unpaired) electrons. The van der Waals surface area contributed by atoms with Gasteiger partial charge in [-0.05, 0) is 18.6 Å². The van der Waals surface area contributed by atoms with Crippen LogP contribution in [0.2, 0.25) is 0 Å². The summed E-state index contributed by atoms with van der Waals surface area (Å²) < 4.78 is 0. The average Bonchev–Trinajstić information content (AvgIpc) is 2.29. The smallest absolute Gasteiger partial charge is 0.151 e. The minimum atomic E-state index is 0.0599. The number of carbonyl (C=O) groups excluding carboxylic acids is 1. The van der Waals surface area contributed by atoms with Gasteiger partial charge in [0.05, 0.1) is 6.61 Å². The summed E-state index contributed by atoms with van der Waals surface area (Å²) in [5.41, 5.74) is 1.48. The lowest BCUT2D eigenvalue weighted by Gasteiger charge is -2.22. The van der Waals surface area contributed by atoms with Crippen molar-refractivity contribution in [2.24, 2.45) is 0 Å². The zero-order chi connectivity index (χ0) is 12.0. The van der Waals surface area contributed by atoms with E-state index in [-0.39, 0.29) is 6.61 Å². The molecule has 1 rings (SSSR count). The van der Waals surface area contributed by atoms with Crippen LogP contribution in [0.1, 0.15) is 15.9 Å². The summed E-state index contributed by atoms with van der Waals surface area (Å²) in [6, 6.07) is 1.78. The van der Waals surface area contributed by atoms with Crippen LogP contribution in [0.5, 0.6) is 0 Å². The Bertz CT molecular complexity index is 377. The second-order valence-corrected chi connectivity index (χ2v) is 3.49. The molecule has 0 aromatic carbocycles. The van der Waals surface area contributed by atoms with Crippen LogP contribution in [0.3, 0.4) is 0 Å². The van der Waals surface area contributed by atoms with Gasteiger partial charge in [-0.25, -0.2) is 4.98 Å². The van der Waals surface area contributed by atoms with Crippen LogP contribution in [0, 0.1) is 6.92 Å². The topological polar surface area (TPSA) is 53.4 Å². The lowest BCUT2D eigenvalue weighted by atomic mass is 10.2. The zero-order valence-corrected chi connectivity index (χ0v) is 9.39. The molecule has 1 heterocycles. The third-order valence-electron chi connectivity index (χ3n) is 2.23. The highest BCUT2D eigenvalue weighted by molar-refractivity contribution is 5.75. The molecule has 86 valence electrons. The summed E-state index contributed by atoms with van der Waals surface area (Å²) in [6.45, 7) is 6.74. The highest BCUT2D eigenvalue weighted by Gasteiger charge is 2.09. The molecule has 0 amide bonds. The fourth-order valence-corrected chi connectivity index (χ4v) is 1.55. The molecule has 16 heavy (non-hydrogen) atoms. The number of hydrogen-bond donors (Lipinski definition) is 1. The molecule has 0 unspecified atom stereocenters. The van der Waals surface area contributed by atoms with Gasteiger partial charge in [0, 0.05) is 24.8 Å². The Labute approximate surface area is 95.2 Å². The van der Waals surface area contributed by atoms with Crippen molar-refractivity contribution in [3.8, 4) is 0 Å². The highest BCUT2D eigenvalue weighted by Crippen LogP contribution is 2.16. The maximum atomic E-state index is 10.6. The first-order valence-electron chi connectivity index (χ1n) is 5.11. The number of anilines is 1. The molecule has 0 fully saturated rings. The van der Waals surface area contributed by atoms with Crippen LogP contribution in [0.25, 0.3) is 0 Å². The van der Waals surface area contributed by atoms with Crippen molar-refractivity contribution in [2.75, 3.05) is 24.6 Å². The maximum absolute atomic E-state index is 10.6. The van der Waals surface area contributed by atoms with Crippen LogP contribution in [0.4, 0.5) is 5.82 Å². The Hall–Kier alpha value is -1.68. The Morgan fingerprint density at radius 2 is 2.38 bits per heavy atom. The van der Waals surface area contributed by atoms with Gasteiger partial charge in [-0.2, -0.15) is 0 Å². The SMILES string of the molecule is C=CCN(CCO)c1ncc(C=O)cc1C. The normalized spacial score (nSPS) is 9.88. The molecule has 0 aliphatic carbocycles. The van der Waals surface area contributed by atoms with E-state index in [2.05, 4.69) is 11.6 Å². The fraction of sp³-hybridized carbons (Fsp3) is 0.333. The van der Waals surface area contributed by atoms with Crippen molar-refractivity contribution in [2.45, 2.75) is 6.92 Å². The van der Waals surface area contributed by atoms with E-state index in [0.717, 1.165) is 17.7 Å². The van der Waals surface area contributed by atoms with Gasteiger partial charge in [0.25, 0.3) is 0 Å². The van der Waals surface area contributed by atoms with E-state index in [4.69, 9.17) is 5.11 Å². The van der Waals surface area contributed by atoms with Gasteiger partial charge in [-0.3, -0.25) is 4.79 Å². The van der Waals surface area contributed by atoms with Crippen molar-refractivity contribution in [1.29, 1.82) is 0 Å². The molecule has 0 bridgehead atoms. The number of aryl methyl sites for hydroxylation is 1. The molecule has 1 aromatic rings. The molecule has 0 saturated heterocycles. The first kappa shape index (κ1) is 12.4. The highest BCUT2D eigenvalue weighted by atomic mass is 16.3. The lowest BCUT2D eigenvalue weighted by molar-refractivity contribution is 0.112. The molecule has 4 nitrogen and oxygen atoms in total. The zero-order valence-electron chi connectivity index (χ0n) is 9.39. The van der Waals surface area contributed by atoms with E-state index < -0.39 is 0 Å². The van der Waals surface area contributed by atoms with E-state index in [1.165, 1.54) is 6.20 Å². The van der Waals surface area contributed by atoms with E-state index in [1.54, 1.807) is 12.1 Å². The fourth-order valence-electron chi connectivity index (χ4n) is 1.55. The molecule has 0 spiro atoms. The van der Waals surface area contributed by atoms with Crippen molar-refractivity contribution < 1.29 is 9.90 Å². The number of aliphatic hydroxyl groups is 1. The molecule has 4 heteroatoms. The Morgan fingerprint density at radius 1 is 1.62 bits per heavy atom. The summed E-state index contributed by atoms with van der Waals surface area (Å²) in [6.07, 6.45) is 4.06. The Balaban J connectivity index is 2.99. The quantitative estimate of drug-likeness (QED) is 0.578. The second kappa shape index (κ2) is 6.02. The van der Waals surface area contributed by atoms with Crippen molar-refractivity contribution in [1.82, 2.24) is 4.98 Å².